The summed E-state index contributed by atoms with van der Waals surface area (Å²) in [6, 6.07) is 18.9. The second kappa shape index (κ2) is 7.11. The minimum Gasteiger partial charge on any atom is -0.303 e. The van der Waals surface area contributed by atoms with Gasteiger partial charge in [-0.25, -0.2) is 0 Å². The van der Waals surface area contributed by atoms with Crippen LogP contribution >= 0.6 is 12.4 Å². The predicted octanol–water partition coefficient (Wildman–Crippen LogP) is 5.28. The molecule has 0 spiro atoms. The summed E-state index contributed by atoms with van der Waals surface area (Å²) in [6.07, 6.45) is 3.78. The minimum atomic E-state index is 0. The minimum absolute atomic E-state index is 0. The van der Waals surface area contributed by atoms with Gasteiger partial charge in [-0.3, -0.25) is 0 Å². The van der Waals surface area contributed by atoms with E-state index in [0.717, 1.165) is 0 Å². The molecule has 112 valence electrons. The molecule has 2 heteroatoms. The van der Waals surface area contributed by atoms with Gasteiger partial charge in [-0.05, 0) is 44.2 Å². The Bertz CT molecular complexity index is 508. The first-order valence-corrected chi connectivity index (χ1v) is 7.61. The van der Waals surface area contributed by atoms with Gasteiger partial charge in [0.15, 0.2) is 0 Å². The lowest BCUT2D eigenvalue weighted by molar-refractivity contribution is 0.330. The van der Waals surface area contributed by atoms with Gasteiger partial charge < -0.3 is 5.32 Å². The Hall–Kier alpha value is -1.31. The molecule has 2 aromatic carbocycles. The molecule has 1 fully saturated rings. The van der Waals surface area contributed by atoms with Crippen LogP contribution in [0, 0.1) is 13.8 Å². The van der Waals surface area contributed by atoms with Gasteiger partial charge in [-0.15, -0.1) is 12.4 Å². The van der Waals surface area contributed by atoms with Gasteiger partial charge in [-0.1, -0.05) is 59.7 Å². The maximum Gasteiger partial charge on any atom is 0.0325 e. The second-order valence-electron chi connectivity index (χ2n) is 6.02. The lowest BCUT2D eigenvalue weighted by Gasteiger charge is -2.32. The number of aryl methyl sites for hydroxylation is 2. The number of hydrogen-bond acceptors (Lipinski definition) is 1. The van der Waals surface area contributed by atoms with E-state index < -0.39 is 0 Å². The Labute approximate surface area is 134 Å². The number of piperidine rings is 1. The van der Waals surface area contributed by atoms with E-state index in [-0.39, 0.29) is 12.4 Å². The summed E-state index contributed by atoms with van der Waals surface area (Å²) in [7, 11) is 0. The molecule has 0 radical (unpaired) electrons. The van der Waals surface area contributed by atoms with Crippen molar-refractivity contribution in [3.8, 4) is 0 Å². The van der Waals surface area contributed by atoms with Crippen LogP contribution in [0.3, 0.4) is 0 Å². The highest BCUT2D eigenvalue weighted by Crippen LogP contribution is 2.32. The molecular weight excluding hydrogens is 278 g/mol. The second-order valence-corrected chi connectivity index (χ2v) is 6.02. The van der Waals surface area contributed by atoms with Crippen LogP contribution in [0.4, 0.5) is 0 Å². The number of nitrogens with one attached hydrogen (secondary N) is 1. The van der Waals surface area contributed by atoms with Crippen LogP contribution < -0.4 is 5.32 Å². The largest absolute Gasteiger partial charge is 0.303 e. The van der Waals surface area contributed by atoms with Crippen LogP contribution in [0.1, 0.15) is 53.6 Å². The maximum atomic E-state index is 3.82. The monoisotopic (exact) mass is 301 g/mol. The SMILES string of the molecule is Cc1ccc(C2CCCC(c3ccc(C)cc3)N2)cc1.Cl. The lowest BCUT2D eigenvalue weighted by Crippen LogP contribution is -2.30. The van der Waals surface area contributed by atoms with Crippen molar-refractivity contribution < 1.29 is 0 Å². The summed E-state index contributed by atoms with van der Waals surface area (Å²) in [5, 5.41) is 3.82. The predicted molar refractivity (Wildman–Crippen MR) is 92.1 cm³/mol. The molecule has 0 bridgehead atoms. The van der Waals surface area contributed by atoms with Crippen molar-refractivity contribution in [3.63, 3.8) is 0 Å². The van der Waals surface area contributed by atoms with Gasteiger partial charge in [0.25, 0.3) is 0 Å². The topological polar surface area (TPSA) is 12.0 Å². The Balaban J connectivity index is 0.00000161. The standard InChI is InChI=1S/C19H23N.ClH/c1-14-6-10-16(11-7-14)18-4-3-5-19(20-18)17-12-8-15(2)9-13-17;/h6-13,18-20H,3-5H2,1-2H3;1H. The van der Waals surface area contributed by atoms with E-state index in [0.29, 0.717) is 12.1 Å². The van der Waals surface area contributed by atoms with Crippen molar-refractivity contribution in [1.29, 1.82) is 0 Å². The van der Waals surface area contributed by atoms with Crippen molar-refractivity contribution in [1.82, 2.24) is 5.32 Å². The average Bonchev–Trinajstić information content (AvgIpc) is 2.49. The van der Waals surface area contributed by atoms with Gasteiger partial charge >= 0.3 is 0 Å². The summed E-state index contributed by atoms with van der Waals surface area (Å²) in [5.41, 5.74) is 5.51. The third-order valence-electron chi connectivity index (χ3n) is 4.35. The molecule has 1 saturated heterocycles. The molecule has 1 nitrogen and oxygen atoms in total. The quantitative estimate of drug-likeness (QED) is 0.795. The fourth-order valence-corrected chi connectivity index (χ4v) is 3.06. The van der Waals surface area contributed by atoms with Crippen LogP contribution in [0.2, 0.25) is 0 Å². The normalized spacial score (nSPS) is 21.6. The van der Waals surface area contributed by atoms with E-state index in [2.05, 4.69) is 67.7 Å². The third-order valence-corrected chi connectivity index (χ3v) is 4.35. The zero-order valence-electron chi connectivity index (χ0n) is 12.8. The molecule has 21 heavy (non-hydrogen) atoms. The van der Waals surface area contributed by atoms with Gasteiger partial charge in [0.05, 0.1) is 0 Å². The number of hydrogen-bond donors (Lipinski definition) is 1. The fraction of sp³-hybridized carbons (Fsp3) is 0.368. The Morgan fingerprint density at radius 1 is 0.714 bits per heavy atom. The molecule has 3 rings (SSSR count). The summed E-state index contributed by atoms with van der Waals surface area (Å²) >= 11 is 0. The highest BCUT2D eigenvalue weighted by molar-refractivity contribution is 5.85. The zero-order valence-corrected chi connectivity index (χ0v) is 13.6. The van der Waals surface area contributed by atoms with Crippen molar-refractivity contribution in [3.05, 3.63) is 70.8 Å². The Morgan fingerprint density at radius 3 is 1.48 bits per heavy atom. The summed E-state index contributed by atoms with van der Waals surface area (Å²) in [6.45, 7) is 4.29. The number of benzene rings is 2. The first-order valence-electron chi connectivity index (χ1n) is 7.61. The average molecular weight is 302 g/mol. The molecular formula is C19H24ClN. The van der Waals surface area contributed by atoms with Crippen LogP contribution in [-0.4, -0.2) is 0 Å². The van der Waals surface area contributed by atoms with E-state index in [9.17, 15) is 0 Å². The van der Waals surface area contributed by atoms with Crippen LogP contribution in [0.15, 0.2) is 48.5 Å². The van der Waals surface area contributed by atoms with E-state index in [1.807, 2.05) is 0 Å². The van der Waals surface area contributed by atoms with Gasteiger partial charge in [-0.2, -0.15) is 0 Å². The highest BCUT2D eigenvalue weighted by Gasteiger charge is 2.23. The Kier molecular flexibility index (Phi) is 5.44. The maximum absolute atomic E-state index is 3.82. The number of halogens is 1. The van der Waals surface area contributed by atoms with Gasteiger partial charge in [0, 0.05) is 12.1 Å². The summed E-state index contributed by atoms with van der Waals surface area (Å²) in [5.74, 6) is 0. The van der Waals surface area contributed by atoms with Crippen molar-refractivity contribution in [2.24, 2.45) is 0 Å². The molecule has 1 aliphatic rings. The lowest BCUT2D eigenvalue weighted by atomic mass is 9.90. The Morgan fingerprint density at radius 2 is 1.10 bits per heavy atom. The van der Waals surface area contributed by atoms with E-state index in [1.165, 1.54) is 41.5 Å². The van der Waals surface area contributed by atoms with Gasteiger partial charge in [0.2, 0.25) is 0 Å². The van der Waals surface area contributed by atoms with Crippen molar-refractivity contribution in [2.75, 3.05) is 0 Å². The zero-order chi connectivity index (χ0) is 13.9. The molecule has 0 saturated carbocycles. The molecule has 1 N–H and O–H groups in total. The molecule has 1 aliphatic heterocycles. The molecule has 0 amide bonds. The molecule has 2 unspecified atom stereocenters. The van der Waals surface area contributed by atoms with Crippen LogP contribution in [-0.2, 0) is 0 Å². The molecule has 2 aromatic rings. The third kappa shape index (κ3) is 3.87. The molecule has 0 aromatic heterocycles. The first-order chi connectivity index (χ1) is 9.72. The van der Waals surface area contributed by atoms with Crippen LogP contribution in [0.25, 0.3) is 0 Å². The van der Waals surface area contributed by atoms with Gasteiger partial charge in [0.1, 0.15) is 0 Å². The van der Waals surface area contributed by atoms with Crippen molar-refractivity contribution >= 4 is 12.4 Å². The number of rotatable bonds is 2. The summed E-state index contributed by atoms with van der Waals surface area (Å²) < 4.78 is 0. The van der Waals surface area contributed by atoms with E-state index in [1.54, 1.807) is 0 Å². The summed E-state index contributed by atoms with van der Waals surface area (Å²) in [4.78, 5) is 0. The highest BCUT2D eigenvalue weighted by atomic mass is 35.5. The molecule has 1 heterocycles. The smallest absolute Gasteiger partial charge is 0.0325 e. The molecule has 2 atom stereocenters. The first kappa shape index (κ1) is 16.1. The van der Waals surface area contributed by atoms with Crippen LogP contribution in [0.5, 0.6) is 0 Å². The fourth-order valence-electron chi connectivity index (χ4n) is 3.06. The van der Waals surface area contributed by atoms with E-state index in [4.69, 9.17) is 0 Å². The van der Waals surface area contributed by atoms with E-state index >= 15 is 0 Å². The van der Waals surface area contributed by atoms with Crippen molar-refractivity contribution in [2.45, 2.75) is 45.2 Å². The molecule has 0 aliphatic carbocycles.